The number of nitrogens with zero attached hydrogens (tertiary/aromatic N) is 4. The number of hydrogen-bond acceptors (Lipinski definition) is 4. The Kier molecular flexibility index (Phi) is 3.88. The van der Waals surface area contributed by atoms with E-state index < -0.39 is 5.82 Å². The first-order chi connectivity index (χ1) is 8.58. The second-order valence-corrected chi connectivity index (χ2v) is 4.55. The van der Waals surface area contributed by atoms with Gasteiger partial charge in [0, 0.05) is 6.04 Å². The number of aromatic nitrogens is 4. The third-order valence-corrected chi connectivity index (χ3v) is 2.64. The van der Waals surface area contributed by atoms with Gasteiger partial charge in [0.2, 0.25) is 0 Å². The molecule has 0 fully saturated rings. The normalized spacial score (nSPS) is 11.2. The van der Waals surface area contributed by atoms with Crippen LogP contribution in [0.2, 0.25) is 5.02 Å². The summed E-state index contributed by atoms with van der Waals surface area (Å²) in [4.78, 5) is 0. The van der Waals surface area contributed by atoms with Crippen LogP contribution in [0.1, 0.15) is 19.7 Å². The maximum Gasteiger partial charge on any atom is 0.170 e. The Hall–Kier alpha value is -1.53. The Labute approximate surface area is 109 Å². The summed E-state index contributed by atoms with van der Waals surface area (Å²) in [5.74, 6) is 0.232. The van der Waals surface area contributed by atoms with Gasteiger partial charge in [0.15, 0.2) is 5.82 Å². The van der Waals surface area contributed by atoms with Gasteiger partial charge in [-0.05, 0) is 28.6 Å². The van der Waals surface area contributed by atoms with Gasteiger partial charge < -0.3 is 5.32 Å². The van der Waals surface area contributed by atoms with Gasteiger partial charge in [-0.3, -0.25) is 0 Å². The summed E-state index contributed by atoms with van der Waals surface area (Å²) >= 11 is 5.98. The van der Waals surface area contributed by atoms with E-state index in [1.54, 1.807) is 6.07 Å². The molecular weight excluding hydrogens is 257 g/mol. The van der Waals surface area contributed by atoms with Gasteiger partial charge in [-0.2, -0.15) is 4.68 Å². The van der Waals surface area contributed by atoms with Crippen LogP contribution >= 0.6 is 11.6 Å². The number of rotatable bonds is 4. The fourth-order valence-corrected chi connectivity index (χ4v) is 1.70. The molecule has 0 bridgehead atoms. The molecule has 0 saturated heterocycles. The summed E-state index contributed by atoms with van der Waals surface area (Å²) in [7, 11) is 0. The monoisotopic (exact) mass is 269 g/mol. The minimum Gasteiger partial charge on any atom is -0.308 e. The van der Waals surface area contributed by atoms with Crippen LogP contribution in [0, 0.1) is 5.82 Å². The van der Waals surface area contributed by atoms with Crippen LogP contribution in [-0.4, -0.2) is 26.2 Å². The molecule has 0 amide bonds. The van der Waals surface area contributed by atoms with Gasteiger partial charge in [0.05, 0.1) is 17.3 Å². The number of nitrogens with one attached hydrogen (secondary N) is 1. The van der Waals surface area contributed by atoms with Gasteiger partial charge in [0.25, 0.3) is 0 Å². The van der Waals surface area contributed by atoms with Crippen molar-refractivity contribution in [3.05, 3.63) is 34.9 Å². The van der Waals surface area contributed by atoms with Crippen molar-refractivity contribution in [3.8, 4) is 5.69 Å². The highest BCUT2D eigenvalue weighted by Gasteiger charge is 2.12. The van der Waals surface area contributed by atoms with Crippen molar-refractivity contribution in [2.45, 2.75) is 26.4 Å². The van der Waals surface area contributed by atoms with Crippen molar-refractivity contribution in [2.24, 2.45) is 0 Å². The van der Waals surface area contributed by atoms with Gasteiger partial charge in [0.1, 0.15) is 5.82 Å². The van der Waals surface area contributed by atoms with Gasteiger partial charge in [-0.1, -0.05) is 25.4 Å². The summed E-state index contributed by atoms with van der Waals surface area (Å²) in [6, 6.07) is 4.42. The van der Waals surface area contributed by atoms with Crippen LogP contribution in [0.15, 0.2) is 18.2 Å². The minimum atomic E-state index is -0.390. The van der Waals surface area contributed by atoms with E-state index in [1.807, 2.05) is 13.8 Å². The molecule has 0 aliphatic rings. The van der Waals surface area contributed by atoms with Crippen molar-refractivity contribution in [3.63, 3.8) is 0 Å². The molecule has 0 radical (unpaired) electrons. The topological polar surface area (TPSA) is 55.6 Å². The van der Waals surface area contributed by atoms with Crippen LogP contribution in [0.4, 0.5) is 4.39 Å². The molecule has 2 aromatic rings. The molecular formula is C11H13ClFN5. The third kappa shape index (κ3) is 2.83. The van der Waals surface area contributed by atoms with E-state index >= 15 is 0 Å². The SMILES string of the molecule is CC(C)NCc1nnnn1-c1ccc(F)cc1Cl. The molecule has 1 aromatic carbocycles. The van der Waals surface area contributed by atoms with E-state index in [4.69, 9.17) is 11.6 Å². The number of tetrazole rings is 1. The maximum atomic E-state index is 13.0. The van der Waals surface area contributed by atoms with Gasteiger partial charge in [-0.25, -0.2) is 4.39 Å². The number of halogens is 2. The highest BCUT2D eigenvalue weighted by molar-refractivity contribution is 6.32. The Balaban J connectivity index is 2.30. The molecule has 18 heavy (non-hydrogen) atoms. The van der Waals surface area contributed by atoms with E-state index in [2.05, 4.69) is 20.8 Å². The summed E-state index contributed by atoms with van der Waals surface area (Å²) in [6.07, 6.45) is 0. The minimum absolute atomic E-state index is 0.271. The molecule has 1 aromatic heterocycles. The zero-order chi connectivity index (χ0) is 13.1. The van der Waals surface area contributed by atoms with E-state index in [-0.39, 0.29) is 5.02 Å². The van der Waals surface area contributed by atoms with Crippen LogP contribution in [0.25, 0.3) is 5.69 Å². The molecule has 0 atom stereocenters. The first kappa shape index (κ1) is 12.9. The summed E-state index contributed by atoms with van der Waals surface area (Å²) in [5, 5.41) is 14.9. The van der Waals surface area contributed by atoms with E-state index in [0.717, 1.165) is 0 Å². The van der Waals surface area contributed by atoms with E-state index in [1.165, 1.54) is 16.8 Å². The van der Waals surface area contributed by atoms with Crippen molar-refractivity contribution < 1.29 is 4.39 Å². The highest BCUT2D eigenvalue weighted by atomic mass is 35.5. The molecule has 1 heterocycles. The molecule has 0 aliphatic heterocycles. The Morgan fingerprint density at radius 1 is 1.44 bits per heavy atom. The fraction of sp³-hybridized carbons (Fsp3) is 0.364. The Morgan fingerprint density at radius 3 is 2.89 bits per heavy atom. The van der Waals surface area contributed by atoms with Crippen molar-refractivity contribution >= 4 is 11.6 Å². The van der Waals surface area contributed by atoms with Crippen LogP contribution in [0.5, 0.6) is 0 Å². The number of benzene rings is 1. The first-order valence-electron chi connectivity index (χ1n) is 5.54. The molecule has 7 heteroatoms. The Morgan fingerprint density at radius 2 is 2.22 bits per heavy atom. The van der Waals surface area contributed by atoms with E-state index in [0.29, 0.717) is 24.1 Å². The lowest BCUT2D eigenvalue weighted by Crippen LogP contribution is -2.24. The lowest BCUT2D eigenvalue weighted by molar-refractivity contribution is 0.563. The molecule has 0 spiro atoms. The molecule has 1 N–H and O–H groups in total. The van der Waals surface area contributed by atoms with Crippen LogP contribution in [0.3, 0.4) is 0 Å². The first-order valence-corrected chi connectivity index (χ1v) is 5.92. The average molecular weight is 270 g/mol. The standard InChI is InChI=1S/C11H13ClFN5/c1-7(2)14-6-11-15-16-17-18(11)10-4-3-8(13)5-9(10)12/h3-5,7,14H,6H2,1-2H3. The van der Waals surface area contributed by atoms with Crippen molar-refractivity contribution in [1.82, 2.24) is 25.5 Å². The highest BCUT2D eigenvalue weighted by Crippen LogP contribution is 2.21. The van der Waals surface area contributed by atoms with Crippen molar-refractivity contribution in [2.75, 3.05) is 0 Å². The number of hydrogen-bond donors (Lipinski definition) is 1. The molecule has 5 nitrogen and oxygen atoms in total. The molecule has 96 valence electrons. The molecule has 0 unspecified atom stereocenters. The van der Waals surface area contributed by atoms with Crippen molar-refractivity contribution in [1.29, 1.82) is 0 Å². The predicted octanol–water partition coefficient (Wildman–Crippen LogP) is 1.95. The fourth-order valence-electron chi connectivity index (χ4n) is 1.45. The second kappa shape index (κ2) is 5.41. The van der Waals surface area contributed by atoms with Gasteiger partial charge in [-0.15, -0.1) is 5.10 Å². The molecule has 0 aliphatic carbocycles. The van der Waals surface area contributed by atoms with Crippen LogP contribution < -0.4 is 5.32 Å². The third-order valence-electron chi connectivity index (χ3n) is 2.34. The zero-order valence-electron chi connectivity index (χ0n) is 10.1. The smallest absolute Gasteiger partial charge is 0.170 e. The largest absolute Gasteiger partial charge is 0.308 e. The average Bonchev–Trinajstić information content (AvgIpc) is 2.74. The lowest BCUT2D eigenvalue weighted by atomic mass is 10.3. The molecule has 2 rings (SSSR count). The maximum absolute atomic E-state index is 13.0. The zero-order valence-corrected chi connectivity index (χ0v) is 10.8. The van der Waals surface area contributed by atoms with Gasteiger partial charge >= 0.3 is 0 Å². The quantitative estimate of drug-likeness (QED) is 0.922. The lowest BCUT2D eigenvalue weighted by Gasteiger charge is -2.09. The van der Waals surface area contributed by atoms with E-state index in [9.17, 15) is 4.39 Å². The summed E-state index contributed by atoms with van der Waals surface area (Å²) < 4.78 is 14.5. The second-order valence-electron chi connectivity index (χ2n) is 4.14. The van der Waals surface area contributed by atoms with Crippen LogP contribution in [-0.2, 0) is 6.54 Å². The predicted molar refractivity (Wildman–Crippen MR) is 66.1 cm³/mol. The molecule has 0 saturated carbocycles. The summed E-state index contributed by atoms with van der Waals surface area (Å²) in [6.45, 7) is 4.57. The summed E-state index contributed by atoms with van der Waals surface area (Å²) in [5.41, 5.74) is 0.559. The Bertz CT molecular complexity index is 540.